The topological polar surface area (TPSA) is 63.4 Å². The van der Waals surface area contributed by atoms with Crippen LogP contribution in [0.2, 0.25) is 0 Å². The van der Waals surface area contributed by atoms with Gasteiger partial charge in [-0.15, -0.1) is 0 Å². The molecule has 0 bridgehead atoms. The van der Waals surface area contributed by atoms with E-state index in [1.807, 2.05) is 13.8 Å². The molecule has 0 saturated carbocycles. The third-order valence-corrected chi connectivity index (χ3v) is 7.16. The molecule has 1 aliphatic heterocycles. The van der Waals surface area contributed by atoms with Gasteiger partial charge < -0.3 is 5.73 Å². The Kier molecular flexibility index (Phi) is 4.40. The normalized spacial score (nSPS) is 20.0. The number of nitrogens with two attached hydrogens (primary N) is 1. The first kappa shape index (κ1) is 16.1. The van der Waals surface area contributed by atoms with Crippen LogP contribution in [0, 0.1) is 5.82 Å². The lowest BCUT2D eigenvalue weighted by Gasteiger charge is -2.36. The van der Waals surface area contributed by atoms with Gasteiger partial charge >= 0.3 is 0 Å². The molecule has 0 aromatic heterocycles. The van der Waals surface area contributed by atoms with Crippen LogP contribution in [0.25, 0.3) is 0 Å². The summed E-state index contributed by atoms with van der Waals surface area (Å²) in [7, 11) is -3.68. The van der Waals surface area contributed by atoms with Gasteiger partial charge in [0.1, 0.15) is 5.82 Å². The van der Waals surface area contributed by atoms with Gasteiger partial charge in [0.15, 0.2) is 0 Å². The molecule has 1 aromatic carbocycles. The second-order valence-electron chi connectivity index (χ2n) is 5.25. The smallest absolute Gasteiger partial charge is 0.244 e. The van der Waals surface area contributed by atoms with E-state index in [4.69, 9.17) is 5.73 Å². The molecule has 1 heterocycles. The third-order valence-electron chi connectivity index (χ3n) is 3.06. The Morgan fingerprint density at radius 1 is 1.45 bits per heavy atom. The number of halogens is 2. The summed E-state index contributed by atoms with van der Waals surface area (Å²) in [5.74, 6) is 0.103. The summed E-state index contributed by atoms with van der Waals surface area (Å²) in [6, 6.07) is 2.26. The summed E-state index contributed by atoms with van der Waals surface area (Å²) in [5.41, 5.74) is 5.32. The molecule has 112 valence electrons. The van der Waals surface area contributed by atoms with E-state index in [0.717, 1.165) is 11.8 Å². The van der Waals surface area contributed by atoms with Gasteiger partial charge in [-0.05, 0) is 41.9 Å². The van der Waals surface area contributed by atoms with E-state index in [1.54, 1.807) is 11.8 Å². The number of nitrogens with zero attached hydrogens (tertiary/aromatic N) is 1. The van der Waals surface area contributed by atoms with Crippen molar-refractivity contribution in [3.05, 3.63) is 22.4 Å². The van der Waals surface area contributed by atoms with Gasteiger partial charge in [0, 0.05) is 28.1 Å². The van der Waals surface area contributed by atoms with Crippen LogP contribution >= 0.6 is 27.7 Å². The first-order chi connectivity index (χ1) is 9.13. The molecule has 0 amide bonds. The van der Waals surface area contributed by atoms with Gasteiger partial charge in [0.05, 0.1) is 10.6 Å². The van der Waals surface area contributed by atoms with Crippen molar-refractivity contribution in [2.75, 3.05) is 24.6 Å². The molecular formula is C12H16BrFN2O2S2. The lowest BCUT2D eigenvalue weighted by molar-refractivity contribution is 0.387. The Bertz CT molecular complexity index is 635. The Labute approximate surface area is 131 Å². The first-order valence-corrected chi connectivity index (χ1v) is 9.24. The first-order valence-electron chi connectivity index (χ1n) is 6.02. The van der Waals surface area contributed by atoms with E-state index in [1.165, 1.54) is 10.4 Å². The largest absolute Gasteiger partial charge is 0.396 e. The van der Waals surface area contributed by atoms with Crippen LogP contribution in [0.4, 0.5) is 10.1 Å². The summed E-state index contributed by atoms with van der Waals surface area (Å²) in [6.45, 7) is 4.88. The van der Waals surface area contributed by atoms with Gasteiger partial charge in [-0.2, -0.15) is 16.1 Å². The number of benzene rings is 1. The lowest BCUT2D eigenvalue weighted by atomic mass is 10.2. The summed E-state index contributed by atoms with van der Waals surface area (Å²) < 4.78 is 40.2. The highest BCUT2D eigenvalue weighted by atomic mass is 79.9. The third kappa shape index (κ3) is 3.13. The van der Waals surface area contributed by atoms with Crippen molar-refractivity contribution >= 4 is 43.4 Å². The number of sulfonamides is 1. The minimum atomic E-state index is -3.68. The number of rotatable bonds is 2. The zero-order chi connectivity index (χ0) is 15.1. The van der Waals surface area contributed by atoms with Crippen LogP contribution in [-0.2, 0) is 10.0 Å². The average molecular weight is 383 g/mol. The number of thioether (sulfide) groups is 1. The molecule has 0 spiro atoms. The maximum Gasteiger partial charge on any atom is 0.244 e. The molecule has 4 nitrogen and oxygen atoms in total. The molecule has 1 saturated heterocycles. The average Bonchev–Trinajstić information content (AvgIpc) is 2.32. The Balaban J connectivity index is 2.43. The quantitative estimate of drug-likeness (QED) is 0.798. The van der Waals surface area contributed by atoms with Crippen LogP contribution in [0.15, 0.2) is 21.5 Å². The van der Waals surface area contributed by atoms with Gasteiger partial charge in [0.25, 0.3) is 0 Å². The van der Waals surface area contributed by atoms with Crippen molar-refractivity contribution < 1.29 is 12.8 Å². The minimum Gasteiger partial charge on any atom is -0.396 e. The zero-order valence-corrected chi connectivity index (χ0v) is 14.4. The van der Waals surface area contributed by atoms with E-state index in [9.17, 15) is 12.8 Å². The molecule has 20 heavy (non-hydrogen) atoms. The van der Waals surface area contributed by atoms with Crippen molar-refractivity contribution in [1.82, 2.24) is 4.31 Å². The van der Waals surface area contributed by atoms with Crippen LogP contribution in [0.3, 0.4) is 0 Å². The molecule has 0 aliphatic carbocycles. The van der Waals surface area contributed by atoms with Gasteiger partial charge in [-0.1, -0.05) is 0 Å². The van der Waals surface area contributed by atoms with Crippen molar-refractivity contribution in [3.63, 3.8) is 0 Å². The van der Waals surface area contributed by atoms with Gasteiger partial charge in [-0.25, -0.2) is 12.8 Å². The van der Waals surface area contributed by atoms with E-state index >= 15 is 0 Å². The SMILES string of the molecule is CC1(C)CN(S(=O)(=O)c2cc(N)c(F)cc2Br)CCS1. The van der Waals surface area contributed by atoms with E-state index < -0.39 is 15.8 Å². The van der Waals surface area contributed by atoms with Crippen LogP contribution in [-0.4, -0.2) is 36.3 Å². The maximum absolute atomic E-state index is 13.3. The predicted molar refractivity (Wildman–Crippen MR) is 83.8 cm³/mol. The van der Waals surface area contributed by atoms with Crippen molar-refractivity contribution in [1.29, 1.82) is 0 Å². The van der Waals surface area contributed by atoms with Gasteiger partial charge in [-0.3, -0.25) is 0 Å². The summed E-state index contributed by atoms with van der Waals surface area (Å²) in [4.78, 5) is 0.0131. The molecule has 1 aliphatic rings. The van der Waals surface area contributed by atoms with E-state index in [0.29, 0.717) is 13.1 Å². The fraction of sp³-hybridized carbons (Fsp3) is 0.500. The fourth-order valence-electron chi connectivity index (χ4n) is 2.06. The number of anilines is 1. The monoisotopic (exact) mass is 382 g/mol. The molecular weight excluding hydrogens is 367 g/mol. The summed E-state index contributed by atoms with van der Waals surface area (Å²) in [6.07, 6.45) is 0. The Morgan fingerprint density at radius 2 is 2.10 bits per heavy atom. The Hall–Kier alpha value is -0.310. The van der Waals surface area contributed by atoms with Crippen LogP contribution < -0.4 is 5.73 Å². The number of hydrogen-bond acceptors (Lipinski definition) is 4. The van der Waals surface area contributed by atoms with Crippen molar-refractivity contribution in [3.8, 4) is 0 Å². The summed E-state index contributed by atoms with van der Waals surface area (Å²) in [5, 5.41) is 0. The van der Waals surface area contributed by atoms with Crippen LogP contribution in [0.1, 0.15) is 13.8 Å². The zero-order valence-electron chi connectivity index (χ0n) is 11.2. The van der Waals surface area contributed by atoms with E-state index in [2.05, 4.69) is 15.9 Å². The molecule has 8 heteroatoms. The molecule has 0 unspecified atom stereocenters. The fourth-order valence-corrected chi connectivity index (χ4v) is 5.98. The highest BCUT2D eigenvalue weighted by Crippen LogP contribution is 2.35. The van der Waals surface area contributed by atoms with Gasteiger partial charge in [0.2, 0.25) is 10.0 Å². The Morgan fingerprint density at radius 3 is 2.70 bits per heavy atom. The maximum atomic E-state index is 13.3. The van der Waals surface area contributed by atoms with Crippen molar-refractivity contribution in [2.45, 2.75) is 23.5 Å². The molecule has 0 atom stereocenters. The summed E-state index contributed by atoms with van der Waals surface area (Å²) >= 11 is 4.85. The molecule has 1 aromatic rings. The lowest BCUT2D eigenvalue weighted by Crippen LogP contribution is -2.46. The second-order valence-corrected chi connectivity index (χ2v) is 9.81. The predicted octanol–water partition coefficient (Wildman–Crippen LogP) is 2.69. The molecule has 0 radical (unpaired) electrons. The second kappa shape index (κ2) is 5.47. The highest BCUT2D eigenvalue weighted by molar-refractivity contribution is 9.10. The number of nitrogen functional groups attached to an aromatic ring is 1. The molecule has 2 rings (SSSR count). The highest BCUT2D eigenvalue weighted by Gasteiger charge is 2.35. The number of hydrogen-bond donors (Lipinski definition) is 1. The van der Waals surface area contributed by atoms with Crippen LogP contribution in [0.5, 0.6) is 0 Å². The minimum absolute atomic E-state index is 0.0131. The standard InChI is InChI=1S/C12H16BrFN2O2S2/c1-12(2)7-16(3-4-19-12)20(17,18)11-6-10(15)9(14)5-8(11)13/h5-6H,3-4,7,15H2,1-2H3. The molecule has 1 fully saturated rings. The van der Waals surface area contributed by atoms with Crippen molar-refractivity contribution in [2.24, 2.45) is 0 Å². The van der Waals surface area contributed by atoms with E-state index in [-0.39, 0.29) is 19.8 Å². The molecule has 2 N–H and O–H groups in total.